The molecule has 156 valence electrons. The van der Waals surface area contributed by atoms with Gasteiger partial charge in [-0.2, -0.15) is 0 Å². The van der Waals surface area contributed by atoms with Gasteiger partial charge in [-0.15, -0.1) is 0 Å². The number of rotatable bonds is 12. The van der Waals surface area contributed by atoms with Gasteiger partial charge in [0, 0.05) is 18.9 Å². The number of carbonyl (C=O) groups is 3. The number of ether oxygens (including phenoxy) is 1. The number of carbonyl (C=O) groups excluding carboxylic acids is 3. The van der Waals surface area contributed by atoms with Crippen LogP contribution in [0.25, 0.3) is 0 Å². The Labute approximate surface area is 168 Å². The van der Waals surface area contributed by atoms with E-state index >= 15 is 0 Å². The van der Waals surface area contributed by atoms with E-state index in [4.69, 9.17) is 4.74 Å². The number of amides is 2. The molecule has 0 saturated carbocycles. The standard InChI is InChI=1S/C22H34N2O4/c1-16(2)14-20(25)24-19(12-8-9-13-23-21(26)17(3)4)22(27)28-15-18-10-6-5-7-11-18/h5-7,10-11,16-17,19H,8-9,12-15H2,1-4H3,(H,23,26)(H,24,25). The molecule has 0 aliphatic heterocycles. The summed E-state index contributed by atoms with van der Waals surface area (Å²) >= 11 is 0. The van der Waals surface area contributed by atoms with Gasteiger partial charge in [-0.3, -0.25) is 9.59 Å². The van der Waals surface area contributed by atoms with Crippen molar-refractivity contribution in [1.29, 1.82) is 0 Å². The molecular formula is C22H34N2O4. The van der Waals surface area contributed by atoms with E-state index in [-0.39, 0.29) is 30.3 Å². The van der Waals surface area contributed by atoms with Crippen LogP contribution in [0.4, 0.5) is 0 Å². The summed E-state index contributed by atoms with van der Waals surface area (Å²) in [5, 5.41) is 5.66. The molecule has 0 radical (unpaired) electrons. The van der Waals surface area contributed by atoms with Crippen molar-refractivity contribution in [2.75, 3.05) is 6.54 Å². The highest BCUT2D eigenvalue weighted by molar-refractivity contribution is 5.84. The average molecular weight is 391 g/mol. The monoisotopic (exact) mass is 390 g/mol. The van der Waals surface area contributed by atoms with E-state index in [9.17, 15) is 14.4 Å². The maximum Gasteiger partial charge on any atom is 0.328 e. The summed E-state index contributed by atoms with van der Waals surface area (Å²) in [6.45, 7) is 8.35. The van der Waals surface area contributed by atoms with Crippen LogP contribution in [-0.4, -0.2) is 30.4 Å². The van der Waals surface area contributed by atoms with E-state index in [0.717, 1.165) is 12.0 Å². The topological polar surface area (TPSA) is 84.5 Å². The van der Waals surface area contributed by atoms with Crippen LogP contribution in [0.15, 0.2) is 30.3 Å². The molecule has 2 amide bonds. The van der Waals surface area contributed by atoms with Crippen LogP contribution in [0.5, 0.6) is 0 Å². The highest BCUT2D eigenvalue weighted by Crippen LogP contribution is 2.08. The lowest BCUT2D eigenvalue weighted by molar-refractivity contribution is -0.149. The second kappa shape index (κ2) is 12.9. The zero-order valence-corrected chi connectivity index (χ0v) is 17.5. The van der Waals surface area contributed by atoms with Gasteiger partial charge in [0.1, 0.15) is 12.6 Å². The van der Waals surface area contributed by atoms with E-state index in [1.165, 1.54) is 0 Å². The molecule has 28 heavy (non-hydrogen) atoms. The maximum atomic E-state index is 12.5. The van der Waals surface area contributed by atoms with Gasteiger partial charge in [0.25, 0.3) is 0 Å². The fourth-order valence-corrected chi connectivity index (χ4v) is 2.59. The predicted molar refractivity (Wildman–Crippen MR) is 109 cm³/mol. The van der Waals surface area contributed by atoms with Gasteiger partial charge in [-0.1, -0.05) is 58.0 Å². The van der Waals surface area contributed by atoms with Gasteiger partial charge in [0.2, 0.25) is 11.8 Å². The summed E-state index contributed by atoms with van der Waals surface area (Å²) in [6, 6.07) is 8.77. The second-order valence-electron chi connectivity index (χ2n) is 7.75. The van der Waals surface area contributed by atoms with Crippen molar-refractivity contribution in [3.05, 3.63) is 35.9 Å². The second-order valence-corrected chi connectivity index (χ2v) is 7.75. The molecule has 0 aromatic heterocycles. The number of unbranched alkanes of at least 4 members (excludes halogenated alkanes) is 1. The number of hydrogen-bond acceptors (Lipinski definition) is 4. The van der Waals surface area contributed by atoms with Gasteiger partial charge in [0.15, 0.2) is 0 Å². The Balaban J connectivity index is 2.51. The maximum absolute atomic E-state index is 12.5. The van der Waals surface area contributed by atoms with Crippen molar-refractivity contribution >= 4 is 17.8 Å². The SMILES string of the molecule is CC(C)CC(=O)NC(CCCCNC(=O)C(C)C)C(=O)OCc1ccccc1. The normalized spacial score (nSPS) is 11.9. The molecule has 0 aliphatic carbocycles. The quantitative estimate of drug-likeness (QED) is 0.424. The molecule has 1 rings (SSSR count). The molecule has 1 atom stereocenters. The molecule has 0 spiro atoms. The Hall–Kier alpha value is -2.37. The first-order valence-electron chi connectivity index (χ1n) is 10.1. The van der Waals surface area contributed by atoms with Crippen molar-refractivity contribution in [3.8, 4) is 0 Å². The van der Waals surface area contributed by atoms with Crippen molar-refractivity contribution in [1.82, 2.24) is 10.6 Å². The fraction of sp³-hybridized carbons (Fsp3) is 0.591. The minimum atomic E-state index is -0.671. The number of esters is 1. The van der Waals surface area contributed by atoms with Gasteiger partial charge < -0.3 is 15.4 Å². The van der Waals surface area contributed by atoms with Crippen molar-refractivity contribution in [3.63, 3.8) is 0 Å². The highest BCUT2D eigenvalue weighted by atomic mass is 16.5. The molecule has 1 aromatic carbocycles. The lowest BCUT2D eigenvalue weighted by atomic mass is 10.1. The average Bonchev–Trinajstić information content (AvgIpc) is 2.64. The Morgan fingerprint density at radius 3 is 2.29 bits per heavy atom. The van der Waals surface area contributed by atoms with Crippen molar-refractivity contribution in [2.24, 2.45) is 11.8 Å². The van der Waals surface area contributed by atoms with Crippen LogP contribution in [0.1, 0.15) is 58.9 Å². The largest absolute Gasteiger partial charge is 0.459 e. The Morgan fingerprint density at radius 2 is 1.68 bits per heavy atom. The van der Waals surface area contributed by atoms with Gasteiger partial charge in [-0.25, -0.2) is 4.79 Å². The molecule has 2 N–H and O–H groups in total. The Morgan fingerprint density at radius 1 is 1.00 bits per heavy atom. The van der Waals surface area contributed by atoms with E-state index < -0.39 is 12.0 Å². The van der Waals surface area contributed by atoms with E-state index in [1.807, 2.05) is 58.0 Å². The zero-order chi connectivity index (χ0) is 20.9. The summed E-state index contributed by atoms with van der Waals surface area (Å²) in [7, 11) is 0. The third kappa shape index (κ3) is 10.1. The minimum absolute atomic E-state index is 0.0176. The first kappa shape index (κ1) is 23.7. The first-order chi connectivity index (χ1) is 13.3. The smallest absolute Gasteiger partial charge is 0.328 e. The van der Waals surface area contributed by atoms with Gasteiger partial charge in [0.05, 0.1) is 0 Å². The molecule has 6 nitrogen and oxygen atoms in total. The van der Waals surface area contributed by atoms with Gasteiger partial charge >= 0.3 is 5.97 Å². The van der Waals surface area contributed by atoms with Crippen LogP contribution < -0.4 is 10.6 Å². The van der Waals surface area contributed by atoms with E-state index in [2.05, 4.69) is 10.6 Å². The lowest BCUT2D eigenvalue weighted by Crippen LogP contribution is -2.42. The third-order valence-electron chi connectivity index (χ3n) is 4.18. The first-order valence-corrected chi connectivity index (χ1v) is 10.1. The summed E-state index contributed by atoms with van der Waals surface area (Å²) in [5.41, 5.74) is 0.902. The van der Waals surface area contributed by atoms with Crippen LogP contribution in [0.2, 0.25) is 0 Å². The molecule has 1 aromatic rings. The highest BCUT2D eigenvalue weighted by Gasteiger charge is 2.22. The van der Waals surface area contributed by atoms with Crippen LogP contribution in [0, 0.1) is 11.8 Å². The third-order valence-corrected chi connectivity index (χ3v) is 4.18. The fourth-order valence-electron chi connectivity index (χ4n) is 2.59. The number of nitrogens with one attached hydrogen (secondary N) is 2. The molecule has 0 heterocycles. The van der Waals surface area contributed by atoms with Crippen molar-refractivity contribution in [2.45, 2.75) is 66.0 Å². The molecular weight excluding hydrogens is 356 g/mol. The van der Waals surface area contributed by atoms with Crippen LogP contribution >= 0.6 is 0 Å². The van der Waals surface area contributed by atoms with Crippen LogP contribution in [0.3, 0.4) is 0 Å². The minimum Gasteiger partial charge on any atom is -0.459 e. The molecule has 1 unspecified atom stereocenters. The molecule has 0 fully saturated rings. The Kier molecular flexibility index (Phi) is 10.9. The van der Waals surface area contributed by atoms with Gasteiger partial charge in [-0.05, 0) is 30.7 Å². The predicted octanol–water partition coefficient (Wildman–Crippen LogP) is 3.20. The summed E-state index contributed by atoms with van der Waals surface area (Å²) in [5.74, 6) is -0.385. The van der Waals surface area contributed by atoms with Crippen LogP contribution in [-0.2, 0) is 25.7 Å². The number of hydrogen-bond donors (Lipinski definition) is 2. The van der Waals surface area contributed by atoms with E-state index in [1.54, 1.807) is 0 Å². The van der Waals surface area contributed by atoms with Crippen molar-refractivity contribution < 1.29 is 19.1 Å². The zero-order valence-electron chi connectivity index (χ0n) is 17.5. The summed E-state index contributed by atoms with van der Waals surface area (Å²) < 4.78 is 5.40. The summed E-state index contributed by atoms with van der Waals surface area (Å²) in [4.78, 5) is 36.2. The molecule has 0 saturated heterocycles. The summed E-state index contributed by atoms with van der Waals surface area (Å²) in [6.07, 6.45) is 2.29. The number of benzene rings is 1. The van der Waals surface area contributed by atoms with E-state index in [0.29, 0.717) is 25.8 Å². The Bertz CT molecular complexity index is 614. The molecule has 0 bridgehead atoms. The molecule has 6 heteroatoms. The lowest BCUT2D eigenvalue weighted by Gasteiger charge is -2.18. The molecule has 0 aliphatic rings.